The number of carbonyl (C=O) groups is 2. The molecule has 0 aliphatic rings. The minimum Gasteiger partial charge on any atom is -0.352 e. The van der Waals surface area contributed by atoms with Gasteiger partial charge in [0, 0.05) is 17.6 Å². The Morgan fingerprint density at radius 1 is 0.897 bits per heavy atom. The van der Waals surface area contributed by atoms with Gasteiger partial charge in [-0.1, -0.05) is 73.5 Å². The second-order valence-corrected chi connectivity index (χ2v) is 11.8. The van der Waals surface area contributed by atoms with Crippen LogP contribution in [-0.4, -0.2) is 43.8 Å². The molecular formula is C30H36ClN3O4S. The molecule has 0 unspecified atom stereocenters. The summed E-state index contributed by atoms with van der Waals surface area (Å²) in [5.74, 6) is -0.748. The Labute approximate surface area is 236 Å². The van der Waals surface area contributed by atoms with E-state index in [0.717, 1.165) is 21.9 Å². The number of hydrogen-bond donors (Lipinski definition) is 1. The summed E-state index contributed by atoms with van der Waals surface area (Å²) in [6, 6.07) is 21.3. The fourth-order valence-corrected chi connectivity index (χ4v) is 5.65. The molecule has 2 amide bonds. The first-order valence-electron chi connectivity index (χ1n) is 13.1. The van der Waals surface area contributed by atoms with Crippen LogP contribution in [0.25, 0.3) is 0 Å². The molecule has 0 spiro atoms. The van der Waals surface area contributed by atoms with E-state index < -0.39 is 28.5 Å². The van der Waals surface area contributed by atoms with Gasteiger partial charge in [-0.3, -0.25) is 13.9 Å². The first-order chi connectivity index (χ1) is 18.6. The maximum Gasteiger partial charge on any atom is 0.264 e. The first-order valence-corrected chi connectivity index (χ1v) is 14.9. The van der Waals surface area contributed by atoms with Crippen LogP contribution in [0.5, 0.6) is 0 Å². The normalized spacial score (nSPS) is 12.8. The first kappa shape index (κ1) is 30.2. The second-order valence-electron chi connectivity index (χ2n) is 9.55. The maximum atomic E-state index is 14.0. The van der Waals surface area contributed by atoms with Crippen LogP contribution >= 0.6 is 11.6 Å². The van der Waals surface area contributed by atoms with E-state index in [0.29, 0.717) is 17.1 Å². The smallest absolute Gasteiger partial charge is 0.264 e. The van der Waals surface area contributed by atoms with Crippen LogP contribution in [0.15, 0.2) is 83.8 Å². The summed E-state index contributed by atoms with van der Waals surface area (Å²) in [4.78, 5) is 28.8. The Morgan fingerprint density at radius 3 is 2.08 bits per heavy atom. The predicted molar refractivity (Wildman–Crippen MR) is 156 cm³/mol. The molecule has 3 aromatic rings. The van der Waals surface area contributed by atoms with Crippen molar-refractivity contribution in [3.05, 3.63) is 95.0 Å². The highest BCUT2D eigenvalue weighted by atomic mass is 35.5. The van der Waals surface area contributed by atoms with Crippen molar-refractivity contribution >= 4 is 39.1 Å². The number of benzene rings is 3. The van der Waals surface area contributed by atoms with Crippen molar-refractivity contribution in [3.8, 4) is 0 Å². The number of rotatable bonds is 12. The maximum absolute atomic E-state index is 14.0. The molecule has 7 nitrogen and oxygen atoms in total. The lowest BCUT2D eigenvalue weighted by atomic mass is 10.1. The van der Waals surface area contributed by atoms with Crippen molar-refractivity contribution in [1.29, 1.82) is 0 Å². The zero-order valence-corrected chi connectivity index (χ0v) is 24.4. The van der Waals surface area contributed by atoms with Gasteiger partial charge in [0.1, 0.15) is 12.6 Å². The van der Waals surface area contributed by atoms with Gasteiger partial charge in [0.25, 0.3) is 10.0 Å². The molecule has 1 N–H and O–H groups in total. The van der Waals surface area contributed by atoms with Gasteiger partial charge in [0.2, 0.25) is 11.8 Å². The number of carbonyl (C=O) groups excluding carboxylic acids is 2. The van der Waals surface area contributed by atoms with Crippen LogP contribution in [0.3, 0.4) is 0 Å². The number of aryl methyl sites for hydroxylation is 1. The summed E-state index contributed by atoms with van der Waals surface area (Å²) in [6.07, 6.45) is 1.12. The fourth-order valence-electron chi connectivity index (χ4n) is 4.11. The minimum atomic E-state index is -4.13. The van der Waals surface area contributed by atoms with E-state index in [2.05, 4.69) is 5.32 Å². The molecule has 0 radical (unpaired) electrons. The molecular weight excluding hydrogens is 534 g/mol. The lowest BCUT2D eigenvalue weighted by molar-refractivity contribution is -0.140. The summed E-state index contributed by atoms with van der Waals surface area (Å²) >= 11 is 6.00. The fraction of sp³-hybridized carbons (Fsp3) is 0.333. The highest BCUT2D eigenvalue weighted by molar-refractivity contribution is 7.92. The number of sulfonamides is 1. The lowest BCUT2D eigenvalue weighted by Gasteiger charge is -2.33. The molecule has 0 aliphatic carbocycles. The van der Waals surface area contributed by atoms with Gasteiger partial charge in [0.15, 0.2) is 0 Å². The van der Waals surface area contributed by atoms with Crippen molar-refractivity contribution in [2.75, 3.05) is 10.8 Å². The second kappa shape index (κ2) is 13.6. The third kappa shape index (κ3) is 7.83. The van der Waals surface area contributed by atoms with Crippen molar-refractivity contribution < 1.29 is 18.0 Å². The van der Waals surface area contributed by atoms with Crippen LogP contribution in [0.2, 0.25) is 5.02 Å². The molecule has 39 heavy (non-hydrogen) atoms. The van der Waals surface area contributed by atoms with Crippen LogP contribution in [0.4, 0.5) is 5.69 Å². The van der Waals surface area contributed by atoms with Crippen LogP contribution in [0, 0.1) is 6.92 Å². The Bertz CT molecular complexity index is 1350. The number of halogens is 1. The van der Waals surface area contributed by atoms with E-state index in [9.17, 15) is 18.0 Å². The Kier molecular flexibility index (Phi) is 10.5. The summed E-state index contributed by atoms with van der Waals surface area (Å²) in [7, 11) is -4.13. The zero-order valence-electron chi connectivity index (χ0n) is 22.8. The highest BCUT2D eigenvalue weighted by Crippen LogP contribution is 2.26. The summed E-state index contributed by atoms with van der Waals surface area (Å²) in [5, 5.41) is 3.38. The van der Waals surface area contributed by atoms with Crippen molar-refractivity contribution in [2.24, 2.45) is 0 Å². The molecule has 0 heterocycles. The van der Waals surface area contributed by atoms with Gasteiger partial charge in [-0.2, -0.15) is 0 Å². The SMILES string of the molecule is CC[C@H](C)NC(=O)[C@H](CC)N(Cc1ccccc1)C(=O)CN(c1ccc(C)cc1)S(=O)(=O)c1ccc(Cl)cc1. The number of hydrogen-bond acceptors (Lipinski definition) is 4. The molecule has 2 atom stereocenters. The van der Waals surface area contributed by atoms with Gasteiger partial charge >= 0.3 is 0 Å². The molecule has 0 saturated carbocycles. The quantitative estimate of drug-likeness (QED) is 0.309. The molecule has 3 rings (SSSR count). The monoisotopic (exact) mass is 569 g/mol. The van der Waals surface area contributed by atoms with Crippen LogP contribution in [-0.2, 0) is 26.2 Å². The largest absolute Gasteiger partial charge is 0.352 e. The third-order valence-corrected chi connectivity index (χ3v) is 8.63. The molecule has 3 aromatic carbocycles. The molecule has 0 bridgehead atoms. The van der Waals surface area contributed by atoms with Crippen molar-refractivity contribution in [2.45, 2.75) is 64.1 Å². The van der Waals surface area contributed by atoms with E-state index in [1.807, 2.05) is 58.0 Å². The Balaban J connectivity index is 2.04. The average molecular weight is 570 g/mol. The van der Waals surface area contributed by atoms with E-state index >= 15 is 0 Å². The van der Waals surface area contributed by atoms with Crippen LogP contribution in [0.1, 0.15) is 44.7 Å². The number of nitrogens with zero attached hydrogens (tertiary/aromatic N) is 2. The van der Waals surface area contributed by atoms with E-state index in [4.69, 9.17) is 11.6 Å². The molecule has 0 aromatic heterocycles. The minimum absolute atomic E-state index is 0.0106. The number of amides is 2. The summed E-state index contributed by atoms with van der Waals surface area (Å²) in [5.41, 5.74) is 2.14. The summed E-state index contributed by atoms with van der Waals surface area (Å²) < 4.78 is 28.8. The van der Waals surface area contributed by atoms with Gasteiger partial charge < -0.3 is 10.2 Å². The van der Waals surface area contributed by atoms with Crippen molar-refractivity contribution in [3.63, 3.8) is 0 Å². The van der Waals surface area contributed by atoms with E-state index in [-0.39, 0.29) is 23.4 Å². The van der Waals surface area contributed by atoms with Gasteiger partial charge in [-0.05, 0) is 68.7 Å². The molecule has 0 saturated heterocycles. The van der Waals surface area contributed by atoms with E-state index in [1.54, 1.807) is 24.3 Å². The Hall–Kier alpha value is -3.36. The van der Waals surface area contributed by atoms with Crippen LogP contribution < -0.4 is 9.62 Å². The Morgan fingerprint density at radius 2 is 1.51 bits per heavy atom. The topological polar surface area (TPSA) is 86.8 Å². The van der Waals surface area contributed by atoms with E-state index in [1.165, 1.54) is 29.2 Å². The summed E-state index contributed by atoms with van der Waals surface area (Å²) in [6.45, 7) is 7.30. The number of nitrogens with one attached hydrogen (secondary N) is 1. The highest BCUT2D eigenvalue weighted by Gasteiger charge is 2.34. The molecule has 208 valence electrons. The average Bonchev–Trinajstić information content (AvgIpc) is 2.92. The van der Waals surface area contributed by atoms with Gasteiger partial charge in [0.05, 0.1) is 10.6 Å². The molecule has 0 aliphatic heterocycles. The van der Waals surface area contributed by atoms with Gasteiger partial charge in [-0.25, -0.2) is 8.42 Å². The zero-order chi connectivity index (χ0) is 28.6. The van der Waals surface area contributed by atoms with Crippen molar-refractivity contribution in [1.82, 2.24) is 10.2 Å². The van der Waals surface area contributed by atoms with Gasteiger partial charge in [-0.15, -0.1) is 0 Å². The third-order valence-electron chi connectivity index (χ3n) is 6.59. The molecule has 0 fully saturated rings. The number of anilines is 1. The lowest BCUT2D eigenvalue weighted by Crippen LogP contribution is -2.53. The molecule has 9 heteroatoms. The standard InChI is InChI=1S/C30H36ClN3O4S/c1-5-23(4)32-30(36)28(6-2)33(20-24-10-8-7-9-11-24)29(35)21-34(26-16-12-22(3)13-17-26)39(37,38)27-18-14-25(31)15-19-27/h7-19,23,28H,5-6,20-21H2,1-4H3,(H,32,36)/t23-,28-/m0/s1. The predicted octanol–water partition coefficient (Wildman–Crippen LogP) is 5.57.